The number of nitrogens with zero attached hydrogens (tertiary/aromatic N) is 1. The Hall–Kier alpha value is -1.35. The van der Waals surface area contributed by atoms with Gasteiger partial charge < -0.3 is 5.32 Å². The molecule has 2 nitrogen and oxygen atoms in total. The van der Waals surface area contributed by atoms with Gasteiger partial charge in [0.2, 0.25) is 0 Å². The Labute approximate surface area is 144 Å². The van der Waals surface area contributed by atoms with Gasteiger partial charge in [-0.1, -0.05) is 61.0 Å². The third kappa shape index (κ3) is 4.35. The lowest BCUT2D eigenvalue weighted by Crippen LogP contribution is -2.47. The predicted octanol–water partition coefficient (Wildman–Crippen LogP) is 4.31. The average molecular weight is 329 g/mol. The van der Waals surface area contributed by atoms with Crippen molar-refractivity contribution in [3.05, 3.63) is 70.7 Å². The number of halogens is 1. The van der Waals surface area contributed by atoms with Gasteiger partial charge in [0, 0.05) is 36.6 Å². The Morgan fingerprint density at radius 2 is 1.83 bits per heavy atom. The van der Waals surface area contributed by atoms with Crippen molar-refractivity contribution < 1.29 is 0 Å². The highest BCUT2D eigenvalue weighted by Gasteiger charge is 2.29. The third-order valence-electron chi connectivity index (χ3n) is 4.71. The zero-order valence-corrected chi connectivity index (χ0v) is 14.5. The fourth-order valence-corrected chi connectivity index (χ4v) is 3.68. The first-order valence-corrected chi connectivity index (χ1v) is 8.89. The van der Waals surface area contributed by atoms with Crippen LogP contribution in [0.5, 0.6) is 0 Å². The Morgan fingerprint density at radius 3 is 2.52 bits per heavy atom. The van der Waals surface area contributed by atoms with E-state index >= 15 is 0 Å². The third-order valence-corrected chi connectivity index (χ3v) is 4.96. The van der Waals surface area contributed by atoms with Gasteiger partial charge in [-0.15, -0.1) is 0 Å². The number of likely N-dealkylation sites (tertiary alicyclic amines) is 1. The van der Waals surface area contributed by atoms with Crippen molar-refractivity contribution in [1.82, 2.24) is 10.2 Å². The number of piperidine rings is 1. The van der Waals surface area contributed by atoms with Crippen LogP contribution in [-0.2, 0) is 6.54 Å². The fourth-order valence-electron chi connectivity index (χ4n) is 3.56. The van der Waals surface area contributed by atoms with E-state index < -0.39 is 0 Å². The van der Waals surface area contributed by atoms with Gasteiger partial charge in [-0.05, 0) is 36.2 Å². The quantitative estimate of drug-likeness (QED) is 0.880. The highest BCUT2D eigenvalue weighted by Crippen LogP contribution is 2.29. The molecule has 0 bridgehead atoms. The van der Waals surface area contributed by atoms with E-state index in [4.69, 9.17) is 11.6 Å². The van der Waals surface area contributed by atoms with Gasteiger partial charge in [0.05, 0.1) is 0 Å². The van der Waals surface area contributed by atoms with E-state index in [0.717, 1.165) is 31.2 Å². The van der Waals surface area contributed by atoms with Crippen LogP contribution in [-0.4, -0.2) is 30.6 Å². The molecule has 1 saturated heterocycles. The van der Waals surface area contributed by atoms with Gasteiger partial charge in [0.1, 0.15) is 0 Å². The molecule has 0 unspecified atom stereocenters. The van der Waals surface area contributed by atoms with Gasteiger partial charge >= 0.3 is 0 Å². The van der Waals surface area contributed by atoms with Crippen molar-refractivity contribution in [2.24, 2.45) is 0 Å². The topological polar surface area (TPSA) is 15.3 Å². The molecular formula is C20H25ClN2. The second kappa shape index (κ2) is 7.96. The molecule has 0 amide bonds. The Balaban J connectivity index is 1.74. The fraction of sp³-hybridized carbons (Fsp3) is 0.400. The molecule has 0 aliphatic carbocycles. The van der Waals surface area contributed by atoms with Crippen molar-refractivity contribution in [2.75, 3.05) is 19.6 Å². The molecule has 23 heavy (non-hydrogen) atoms. The molecule has 122 valence electrons. The molecule has 2 atom stereocenters. The number of nitrogens with one attached hydrogen (secondary N) is 1. The lowest BCUT2D eigenvalue weighted by molar-refractivity contribution is 0.168. The smallest absolute Gasteiger partial charge is 0.0406 e. The van der Waals surface area contributed by atoms with E-state index in [9.17, 15) is 0 Å². The molecular weight excluding hydrogens is 304 g/mol. The number of hydrogen-bond acceptors (Lipinski definition) is 2. The van der Waals surface area contributed by atoms with Gasteiger partial charge in [0.25, 0.3) is 0 Å². The summed E-state index contributed by atoms with van der Waals surface area (Å²) in [4.78, 5) is 2.57. The molecule has 1 aliphatic rings. The Kier molecular flexibility index (Phi) is 5.71. The number of rotatable bonds is 5. The van der Waals surface area contributed by atoms with Crippen LogP contribution < -0.4 is 5.32 Å². The van der Waals surface area contributed by atoms with Crippen LogP contribution in [0.3, 0.4) is 0 Å². The largest absolute Gasteiger partial charge is 0.314 e. The number of likely N-dealkylation sites (N-methyl/N-ethyl adjacent to an activating group) is 1. The van der Waals surface area contributed by atoms with Gasteiger partial charge in [-0.2, -0.15) is 0 Å². The maximum atomic E-state index is 6.06. The molecule has 1 aliphatic heterocycles. The van der Waals surface area contributed by atoms with Crippen LogP contribution in [0.25, 0.3) is 0 Å². The minimum absolute atomic E-state index is 0.518. The minimum atomic E-state index is 0.518. The highest BCUT2D eigenvalue weighted by atomic mass is 35.5. The molecule has 2 aromatic carbocycles. The van der Waals surface area contributed by atoms with E-state index in [1.54, 1.807) is 0 Å². The first kappa shape index (κ1) is 16.5. The molecule has 0 aromatic heterocycles. The molecule has 0 saturated carbocycles. The molecule has 0 spiro atoms. The maximum absolute atomic E-state index is 6.06. The molecule has 1 heterocycles. The summed E-state index contributed by atoms with van der Waals surface area (Å²) in [5.41, 5.74) is 2.78. The van der Waals surface area contributed by atoms with Crippen molar-refractivity contribution >= 4 is 11.6 Å². The zero-order valence-electron chi connectivity index (χ0n) is 13.7. The lowest BCUT2D eigenvalue weighted by Gasteiger charge is -2.39. The summed E-state index contributed by atoms with van der Waals surface area (Å²) in [5.74, 6) is 0.518. The first-order chi connectivity index (χ1) is 11.3. The Morgan fingerprint density at radius 1 is 1.09 bits per heavy atom. The minimum Gasteiger partial charge on any atom is -0.314 e. The molecule has 0 radical (unpaired) electrons. The maximum Gasteiger partial charge on any atom is 0.0406 e. The molecule has 2 aromatic rings. The normalized spacial score (nSPS) is 22.2. The second-order valence-corrected chi connectivity index (χ2v) is 6.77. The highest BCUT2D eigenvalue weighted by molar-refractivity contribution is 6.30. The molecule has 3 heteroatoms. The van der Waals surface area contributed by atoms with Crippen LogP contribution >= 0.6 is 11.6 Å². The summed E-state index contributed by atoms with van der Waals surface area (Å²) in [6.45, 7) is 6.48. The Bertz CT molecular complexity index is 597. The van der Waals surface area contributed by atoms with Gasteiger partial charge in [-0.25, -0.2) is 0 Å². The number of benzene rings is 2. The van der Waals surface area contributed by atoms with Crippen molar-refractivity contribution in [1.29, 1.82) is 0 Å². The van der Waals surface area contributed by atoms with E-state index in [0.29, 0.717) is 12.0 Å². The van der Waals surface area contributed by atoms with Crippen LogP contribution in [0.1, 0.15) is 30.4 Å². The van der Waals surface area contributed by atoms with E-state index in [2.05, 4.69) is 59.6 Å². The van der Waals surface area contributed by atoms with Crippen molar-refractivity contribution in [3.63, 3.8) is 0 Å². The van der Waals surface area contributed by atoms with Crippen molar-refractivity contribution in [2.45, 2.75) is 31.8 Å². The summed E-state index contributed by atoms with van der Waals surface area (Å²) in [5, 5.41) is 4.48. The standard InChI is InChI=1S/C20H25ClN2/c1-2-22-20-12-13-23(14-16-6-4-3-5-7-16)15-19(20)17-8-10-18(21)11-9-17/h3-11,19-20,22H,2,12-15H2,1H3/t19-,20+/m1/s1. The second-order valence-electron chi connectivity index (χ2n) is 6.33. The molecule has 1 fully saturated rings. The summed E-state index contributed by atoms with van der Waals surface area (Å²) >= 11 is 6.06. The first-order valence-electron chi connectivity index (χ1n) is 8.51. The van der Waals surface area contributed by atoms with Crippen molar-refractivity contribution in [3.8, 4) is 0 Å². The summed E-state index contributed by atoms with van der Waals surface area (Å²) in [7, 11) is 0. The molecule has 1 N–H and O–H groups in total. The summed E-state index contributed by atoms with van der Waals surface area (Å²) in [6, 6.07) is 19.7. The summed E-state index contributed by atoms with van der Waals surface area (Å²) in [6.07, 6.45) is 1.19. The predicted molar refractivity (Wildman–Crippen MR) is 98.0 cm³/mol. The number of hydrogen-bond donors (Lipinski definition) is 1. The van der Waals surface area contributed by atoms with E-state index in [1.807, 2.05) is 12.1 Å². The van der Waals surface area contributed by atoms with Crippen LogP contribution in [0, 0.1) is 0 Å². The van der Waals surface area contributed by atoms with Gasteiger partial charge in [0.15, 0.2) is 0 Å². The lowest BCUT2D eigenvalue weighted by atomic mass is 9.85. The van der Waals surface area contributed by atoms with Gasteiger partial charge in [-0.3, -0.25) is 4.90 Å². The monoisotopic (exact) mass is 328 g/mol. The average Bonchev–Trinajstić information content (AvgIpc) is 2.58. The SMILES string of the molecule is CCN[C@H]1CCN(Cc2ccccc2)C[C@@H]1c1ccc(Cl)cc1. The van der Waals surface area contributed by atoms with E-state index in [1.165, 1.54) is 17.5 Å². The molecule has 3 rings (SSSR count). The summed E-state index contributed by atoms with van der Waals surface area (Å²) < 4.78 is 0. The van der Waals surface area contributed by atoms with Crippen LogP contribution in [0.4, 0.5) is 0 Å². The van der Waals surface area contributed by atoms with Crippen LogP contribution in [0.2, 0.25) is 5.02 Å². The van der Waals surface area contributed by atoms with Crippen LogP contribution in [0.15, 0.2) is 54.6 Å². The zero-order chi connectivity index (χ0) is 16.1. The van der Waals surface area contributed by atoms with E-state index in [-0.39, 0.29) is 0 Å².